The second kappa shape index (κ2) is 10.4. The topological polar surface area (TPSA) is 88.4 Å². The number of nitrogens with zero attached hydrogens (tertiary/aromatic N) is 4. The highest BCUT2D eigenvalue weighted by Gasteiger charge is 2.29. The summed E-state index contributed by atoms with van der Waals surface area (Å²) in [6, 6.07) is 6.56. The lowest BCUT2D eigenvalue weighted by molar-refractivity contribution is -0.136. The first-order valence-corrected chi connectivity index (χ1v) is 11.9. The third kappa shape index (κ3) is 6.12. The Bertz CT molecular complexity index is 1170. The van der Waals surface area contributed by atoms with E-state index in [0.717, 1.165) is 59.6 Å². The summed E-state index contributed by atoms with van der Waals surface area (Å²) in [6.07, 6.45) is 7.73. The molecule has 3 aromatic rings. The predicted molar refractivity (Wildman–Crippen MR) is 132 cm³/mol. The number of carboxylic acids is 1. The van der Waals surface area contributed by atoms with E-state index in [1.54, 1.807) is 30.7 Å². The molecule has 0 unspecified atom stereocenters. The molecule has 0 saturated carbocycles. The molecule has 8 heteroatoms. The number of rotatable bonds is 8. The Balaban J connectivity index is 1.56. The van der Waals surface area contributed by atoms with Crippen molar-refractivity contribution in [1.29, 1.82) is 0 Å². The molecular weight excluding hydrogens is 447 g/mol. The van der Waals surface area contributed by atoms with Crippen LogP contribution in [0.25, 0.3) is 11.1 Å². The summed E-state index contributed by atoms with van der Waals surface area (Å²) in [6.45, 7) is 8.46. The monoisotopic (exact) mass is 478 g/mol. The zero-order valence-electron chi connectivity index (χ0n) is 20.4. The van der Waals surface area contributed by atoms with Crippen molar-refractivity contribution in [3.8, 4) is 17.1 Å². The fraction of sp³-hybridized carbons (Fsp3) is 0.407. The third-order valence-corrected chi connectivity index (χ3v) is 6.60. The lowest BCUT2D eigenvalue weighted by Gasteiger charge is -2.40. The number of aryl methyl sites for hydroxylation is 1. The van der Waals surface area contributed by atoms with E-state index in [0.29, 0.717) is 13.0 Å². The summed E-state index contributed by atoms with van der Waals surface area (Å²) in [5, 5.41) is 9.57. The van der Waals surface area contributed by atoms with Gasteiger partial charge in [0.25, 0.3) is 0 Å². The summed E-state index contributed by atoms with van der Waals surface area (Å²) >= 11 is 0. The largest absolute Gasteiger partial charge is 0.481 e. The molecule has 0 bridgehead atoms. The first kappa shape index (κ1) is 24.6. The molecule has 4 rings (SSSR count). The van der Waals surface area contributed by atoms with Crippen LogP contribution in [-0.4, -0.2) is 45.7 Å². The molecule has 7 nitrogen and oxygen atoms in total. The van der Waals surface area contributed by atoms with Crippen molar-refractivity contribution >= 4 is 11.7 Å². The van der Waals surface area contributed by atoms with E-state index in [4.69, 9.17) is 4.74 Å². The van der Waals surface area contributed by atoms with Crippen molar-refractivity contribution in [1.82, 2.24) is 15.0 Å². The lowest BCUT2D eigenvalue weighted by Crippen LogP contribution is -2.38. The summed E-state index contributed by atoms with van der Waals surface area (Å²) < 4.78 is 18.7. The van der Waals surface area contributed by atoms with E-state index in [9.17, 15) is 14.3 Å². The van der Waals surface area contributed by atoms with Crippen LogP contribution < -0.4 is 9.64 Å². The number of ether oxygens (including phenoxy) is 1. The summed E-state index contributed by atoms with van der Waals surface area (Å²) in [4.78, 5) is 27.2. The number of pyridine rings is 1. The Hall–Kier alpha value is -3.55. The second-order valence-corrected chi connectivity index (χ2v) is 9.79. The van der Waals surface area contributed by atoms with Gasteiger partial charge < -0.3 is 14.7 Å². The molecule has 0 radical (unpaired) electrons. The Kier molecular flexibility index (Phi) is 7.28. The predicted octanol–water partition coefficient (Wildman–Crippen LogP) is 4.86. The molecular formula is C27H31FN4O3. The standard InChI is InChI=1S/C27H31FN4O3/c1-18-22(14-24(33)34)25(32-11-9-27(2,3)10-12-32)23(17-29-18)20-15-30-26(31-16-20)35-13-8-19-4-6-21(28)7-5-19/h4-7,15-17H,8-14H2,1-3H3,(H,33,34). The van der Waals surface area contributed by atoms with Crippen molar-refractivity contribution in [2.45, 2.75) is 46.5 Å². The van der Waals surface area contributed by atoms with Crippen LogP contribution in [0.2, 0.25) is 0 Å². The first-order chi connectivity index (χ1) is 16.7. The molecule has 0 atom stereocenters. The van der Waals surface area contributed by atoms with Crippen LogP contribution in [0, 0.1) is 18.2 Å². The second-order valence-electron chi connectivity index (χ2n) is 9.79. The molecule has 1 aliphatic heterocycles. The average molecular weight is 479 g/mol. The van der Waals surface area contributed by atoms with Crippen LogP contribution in [0.3, 0.4) is 0 Å². The van der Waals surface area contributed by atoms with Crippen LogP contribution in [0.1, 0.15) is 43.5 Å². The highest BCUT2D eigenvalue weighted by atomic mass is 19.1. The van der Waals surface area contributed by atoms with E-state index in [-0.39, 0.29) is 23.7 Å². The maximum absolute atomic E-state index is 13.1. The van der Waals surface area contributed by atoms with E-state index >= 15 is 0 Å². The van der Waals surface area contributed by atoms with E-state index in [1.807, 2.05) is 6.92 Å². The Labute approximate surface area is 205 Å². The minimum atomic E-state index is -0.883. The van der Waals surface area contributed by atoms with Crippen LogP contribution in [0.15, 0.2) is 42.9 Å². The van der Waals surface area contributed by atoms with Gasteiger partial charge in [-0.1, -0.05) is 26.0 Å². The number of halogens is 1. The summed E-state index contributed by atoms with van der Waals surface area (Å²) in [5.41, 5.74) is 5.17. The zero-order valence-corrected chi connectivity index (χ0v) is 20.4. The van der Waals surface area contributed by atoms with Crippen molar-refractivity contribution < 1.29 is 19.0 Å². The van der Waals surface area contributed by atoms with Gasteiger partial charge >= 0.3 is 12.0 Å². The lowest BCUT2D eigenvalue weighted by atomic mass is 9.82. The van der Waals surface area contributed by atoms with Gasteiger partial charge in [-0.15, -0.1) is 0 Å². The molecule has 3 heterocycles. The van der Waals surface area contributed by atoms with Crippen LogP contribution >= 0.6 is 0 Å². The molecule has 1 fully saturated rings. The maximum atomic E-state index is 13.1. The van der Waals surface area contributed by atoms with E-state index < -0.39 is 5.97 Å². The highest BCUT2D eigenvalue weighted by Crippen LogP contribution is 2.39. The number of piperidine rings is 1. The fourth-order valence-corrected chi connectivity index (χ4v) is 4.35. The molecule has 1 N–H and O–H groups in total. The van der Waals surface area contributed by atoms with Crippen molar-refractivity contribution in [2.75, 3.05) is 24.6 Å². The molecule has 2 aromatic heterocycles. The number of carbonyl (C=O) groups is 1. The molecule has 1 saturated heterocycles. The smallest absolute Gasteiger partial charge is 0.316 e. The minimum absolute atomic E-state index is 0.0899. The number of hydrogen-bond donors (Lipinski definition) is 1. The molecule has 184 valence electrons. The van der Waals surface area contributed by atoms with Gasteiger partial charge in [0.05, 0.1) is 18.7 Å². The molecule has 35 heavy (non-hydrogen) atoms. The quantitative estimate of drug-likeness (QED) is 0.495. The molecule has 0 amide bonds. The van der Waals surface area contributed by atoms with Crippen LogP contribution in [0.4, 0.5) is 10.1 Å². The molecule has 0 spiro atoms. The summed E-state index contributed by atoms with van der Waals surface area (Å²) in [7, 11) is 0. The van der Waals surface area contributed by atoms with Gasteiger partial charge in [0.2, 0.25) is 0 Å². The highest BCUT2D eigenvalue weighted by molar-refractivity contribution is 5.84. The van der Waals surface area contributed by atoms with Gasteiger partial charge in [-0.3, -0.25) is 9.78 Å². The van der Waals surface area contributed by atoms with Crippen LogP contribution in [-0.2, 0) is 17.6 Å². The maximum Gasteiger partial charge on any atom is 0.316 e. The summed E-state index contributed by atoms with van der Waals surface area (Å²) in [5.74, 6) is -1.15. The van der Waals surface area contributed by atoms with Gasteiger partial charge in [0, 0.05) is 60.5 Å². The minimum Gasteiger partial charge on any atom is -0.481 e. The van der Waals surface area contributed by atoms with Gasteiger partial charge in [-0.05, 0) is 42.9 Å². The average Bonchev–Trinajstić information content (AvgIpc) is 2.82. The van der Waals surface area contributed by atoms with Crippen molar-refractivity contribution in [2.24, 2.45) is 5.41 Å². The van der Waals surface area contributed by atoms with Gasteiger partial charge in [-0.25, -0.2) is 14.4 Å². The van der Waals surface area contributed by atoms with E-state index in [2.05, 4.69) is 33.7 Å². The van der Waals surface area contributed by atoms with Crippen LogP contribution in [0.5, 0.6) is 6.01 Å². The Morgan fingerprint density at radius 3 is 2.37 bits per heavy atom. The number of aliphatic carboxylic acids is 1. The number of carboxylic acid groups (broad SMARTS) is 1. The van der Waals surface area contributed by atoms with Gasteiger partial charge in [-0.2, -0.15) is 0 Å². The van der Waals surface area contributed by atoms with Crippen molar-refractivity contribution in [3.05, 3.63) is 65.5 Å². The fourth-order valence-electron chi connectivity index (χ4n) is 4.35. The first-order valence-electron chi connectivity index (χ1n) is 11.9. The molecule has 0 aliphatic carbocycles. The number of aromatic nitrogens is 3. The Morgan fingerprint density at radius 2 is 1.74 bits per heavy atom. The van der Waals surface area contributed by atoms with Gasteiger partial charge in [0.15, 0.2) is 0 Å². The molecule has 1 aromatic carbocycles. The number of benzene rings is 1. The van der Waals surface area contributed by atoms with E-state index in [1.165, 1.54) is 12.1 Å². The third-order valence-electron chi connectivity index (χ3n) is 6.60. The normalized spacial score (nSPS) is 15.1. The Morgan fingerprint density at radius 1 is 1.09 bits per heavy atom. The zero-order chi connectivity index (χ0) is 25.0. The van der Waals surface area contributed by atoms with Crippen molar-refractivity contribution in [3.63, 3.8) is 0 Å². The molecule has 1 aliphatic rings. The number of hydrogen-bond acceptors (Lipinski definition) is 6. The number of anilines is 1. The van der Waals surface area contributed by atoms with Gasteiger partial charge in [0.1, 0.15) is 5.82 Å². The SMILES string of the molecule is Cc1ncc(-c2cnc(OCCc3ccc(F)cc3)nc2)c(N2CCC(C)(C)CC2)c1CC(=O)O.